The molecule has 25 heavy (non-hydrogen) atoms. The van der Waals surface area contributed by atoms with Gasteiger partial charge in [0.05, 0.1) is 15.6 Å². The maximum atomic E-state index is 13.7. The highest BCUT2D eigenvalue weighted by Gasteiger charge is 2.21. The summed E-state index contributed by atoms with van der Waals surface area (Å²) in [5, 5.41) is 1.95. The number of rotatable bonds is 1. The van der Waals surface area contributed by atoms with Gasteiger partial charge in [-0.2, -0.15) is 0 Å². The van der Waals surface area contributed by atoms with Crippen molar-refractivity contribution < 1.29 is 4.39 Å². The molecule has 0 atom stereocenters. The standard InChI is InChI=1S/C20H15FN2OS/c21-12-7-8-16-14(11-12)18(24)17-13-5-1-2-6-15(13)22-20(19(17)25-16)23-9-3-4-10-23/h1-2,5-8,11H,3-4,9-10H2. The zero-order valence-electron chi connectivity index (χ0n) is 13.5. The highest BCUT2D eigenvalue weighted by atomic mass is 32.1. The van der Waals surface area contributed by atoms with Gasteiger partial charge >= 0.3 is 0 Å². The van der Waals surface area contributed by atoms with Gasteiger partial charge in [-0.25, -0.2) is 9.37 Å². The summed E-state index contributed by atoms with van der Waals surface area (Å²) in [5.41, 5.74) is 0.708. The molecule has 1 saturated heterocycles. The number of anilines is 1. The SMILES string of the molecule is O=c1c2cc(F)ccc2sc2c(N3CCCC3)nc3ccccc3c12. The lowest BCUT2D eigenvalue weighted by Crippen LogP contribution is -2.20. The minimum Gasteiger partial charge on any atom is -0.355 e. The normalized spacial score (nSPS) is 14.8. The molecule has 0 aliphatic carbocycles. The van der Waals surface area contributed by atoms with E-state index in [4.69, 9.17) is 4.98 Å². The highest BCUT2D eigenvalue weighted by molar-refractivity contribution is 7.25. The number of pyridine rings is 1. The molecule has 1 aliphatic rings. The number of para-hydroxylation sites is 1. The van der Waals surface area contributed by atoms with Crippen LogP contribution in [0.5, 0.6) is 0 Å². The average molecular weight is 350 g/mol. The maximum absolute atomic E-state index is 13.7. The Labute approximate surface area is 147 Å². The number of benzene rings is 2. The topological polar surface area (TPSA) is 33.2 Å². The minimum atomic E-state index is -0.380. The Morgan fingerprint density at radius 2 is 1.84 bits per heavy atom. The average Bonchev–Trinajstić information content (AvgIpc) is 3.16. The third-order valence-corrected chi connectivity index (χ3v) is 6.03. The molecule has 0 spiro atoms. The lowest BCUT2D eigenvalue weighted by molar-refractivity contribution is 0.630. The van der Waals surface area contributed by atoms with Crippen molar-refractivity contribution in [2.45, 2.75) is 12.8 Å². The largest absolute Gasteiger partial charge is 0.355 e. The number of fused-ring (bicyclic) bond motifs is 4. The second-order valence-electron chi connectivity index (χ2n) is 6.42. The fraction of sp³-hybridized carbons (Fsp3) is 0.200. The molecule has 0 amide bonds. The number of halogens is 1. The molecule has 4 aromatic rings. The summed E-state index contributed by atoms with van der Waals surface area (Å²) in [6.45, 7) is 1.92. The van der Waals surface area contributed by atoms with E-state index in [1.807, 2.05) is 24.3 Å². The van der Waals surface area contributed by atoms with Gasteiger partial charge in [-0.3, -0.25) is 4.79 Å². The van der Waals surface area contributed by atoms with Crippen molar-refractivity contribution in [2.75, 3.05) is 18.0 Å². The van der Waals surface area contributed by atoms with E-state index in [0.29, 0.717) is 10.8 Å². The van der Waals surface area contributed by atoms with Crippen LogP contribution >= 0.6 is 11.3 Å². The summed E-state index contributed by atoms with van der Waals surface area (Å²) in [5.74, 6) is 0.508. The number of nitrogens with zero attached hydrogens (tertiary/aromatic N) is 2. The Morgan fingerprint density at radius 3 is 2.68 bits per heavy atom. The number of hydrogen-bond acceptors (Lipinski definition) is 4. The Kier molecular flexibility index (Phi) is 3.25. The molecule has 1 aliphatic heterocycles. The molecule has 5 heteroatoms. The molecule has 0 N–H and O–H groups in total. The van der Waals surface area contributed by atoms with Gasteiger partial charge in [0.15, 0.2) is 5.43 Å². The summed E-state index contributed by atoms with van der Waals surface area (Å²) in [4.78, 5) is 20.4. The minimum absolute atomic E-state index is 0.109. The van der Waals surface area contributed by atoms with Gasteiger partial charge < -0.3 is 4.90 Å². The molecular weight excluding hydrogens is 335 g/mol. The van der Waals surface area contributed by atoms with Gasteiger partial charge in [0.1, 0.15) is 11.6 Å². The zero-order valence-corrected chi connectivity index (χ0v) is 14.3. The lowest BCUT2D eigenvalue weighted by atomic mass is 10.1. The van der Waals surface area contributed by atoms with E-state index in [0.717, 1.165) is 52.1 Å². The number of aromatic nitrogens is 1. The van der Waals surface area contributed by atoms with Crippen molar-refractivity contribution in [3.8, 4) is 0 Å². The van der Waals surface area contributed by atoms with Crippen molar-refractivity contribution in [3.63, 3.8) is 0 Å². The third-order valence-electron chi connectivity index (χ3n) is 4.86. The van der Waals surface area contributed by atoms with Crippen molar-refractivity contribution in [3.05, 3.63) is 58.5 Å². The quantitative estimate of drug-likeness (QED) is 0.368. The van der Waals surface area contributed by atoms with Crippen molar-refractivity contribution in [2.24, 2.45) is 0 Å². The van der Waals surface area contributed by atoms with E-state index >= 15 is 0 Å². The van der Waals surface area contributed by atoms with E-state index in [1.165, 1.54) is 23.5 Å². The van der Waals surface area contributed by atoms with Crippen molar-refractivity contribution in [1.29, 1.82) is 0 Å². The first-order valence-corrected chi connectivity index (χ1v) is 9.24. The molecule has 3 heterocycles. The molecule has 0 saturated carbocycles. The van der Waals surface area contributed by atoms with E-state index in [9.17, 15) is 9.18 Å². The summed E-state index contributed by atoms with van der Waals surface area (Å²) < 4.78 is 15.4. The highest BCUT2D eigenvalue weighted by Crippen LogP contribution is 2.36. The van der Waals surface area contributed by atoms with E-state index in [2.05, 4.69) is 4.90 Å². The molecule has 0 radical (unpaired) electrons. The molecule has 1 fully saturated rings. The summed E-state index contributed by atoms with van der Waals surface area (Å²) >= 11 is 1.53. The van der Waals surface area contributed by atoms with Gasteiger partial charge in [-0.05, 0) is 37.1 Å². The summed E-state index contributed by atoms with van der Waals surface area (Å²) in [7, 11) is 0. The zero-order chi connectivity index (χ0) is 17.0. The van der Waals surface area contributed by atoms with Crippen LogP contribution in [0.1, 0.15) is 12.8 Å². The molecule has 3 nitrogen and oxygen atoms in total. The van der Waals surface area contributed by atoms with E-state index in [1.54, 1.807) is 6.07 Å². The Hall–Kier alpha value is -2.53. The van der Waals surface area contributed by atoms with Crippen LogP contribution in [0.25, 0.3) is 31.1 Å². The first-order chi connectivity index (χ1) is 12.2. The van der Waals surface area contributed by atoms with Crippen LogP contribution in [0.3, 0.4) is 0 Å². The molecular formula is C20H15FN2OS. The van der Waals surface area contributed by atoms with Gasteiger partial charge in [0.25, 0.3) is 0 Å². The second kappa shape index (κ2) is 5.49. The molecule has 2 aromatic heterocycles. The Balaban J connectivity index is 2.01. The van der Waals surface area contributed by atoms with Crippen molar-refractivity contribution >= 4 is 48.2 Å². The van der Waals surface area contributed by atoms with E-state index < -0.39 is 0 Å². The molecule has 0 unspecified atom stereocenters. The summed E-state index contributed by atoms with van der Waals surface area (Å²) in [6.07, 6.45) is 2.29. The van der Waals surface area contributed by atoms with Crippen molar-refractivity contribution in [1.82, 2.24) is 4.98 Å². The van der Waals surface area contributed by atoms with Gasteiger partial charge in [-0.15, -0.1) is 11.3 Å². The first kappa shape index (κ1) is 14.8. The smallest absolute Gasteiger partial charge is 0.196 e. The van der Waals surface area contributed by atoms with Gasteiger partial charge in [-0.1, -0.05) is 18.2 Å². The second-order valence-corrected chi connectivity index (χ2v) is 7.47. The Morgan fingerprint density at radius 1 is 1.04 bits per heavy atom. The molecule has 2 aromatic carbocycles. The molecule has 0 bridgehead atoms. The van der Waals surface area contributed by atoms with Crippen LogP contribution in [0.4, 0.5) is 10.2 Å². The van der Waals surface area contributed by atoms with Crippen LogP contribution in [0.15, 0.2) is 47.3 Å². The fourth-order valence-corrected chi connectivity index (χ4v) is 4.85. The maximum Gasteiger partial charge on any atom is 0.196 e. The fourth-order valence-electron chi connectivity index (χ4n) is 3.66. The van der Waals surface area contributed by atoms with Crippen LogP contribution in [-0.2, 0) is 0 Å². The predicted molar refractivity (Wildman–Crippen MR) is 102 cm³/mol. The first-order valence-electron chi connectivity index (χ1n) is 8.42. The predicted octanol–water partition coefficient (Wildman–Crippen LogP) is 4.70. The van der Waals surface area contributed by atoms with Crippen LogP contribution in [0, 0.1) is 5.82 Å². The van der Waals surface area contributed by atoms with Crippen LogP contribution in [0.2, 0.25) is 0 Å². The van der Waals surface area contributed by atoms with Gasteiger partial charge in [0, 0.05) is 28.6 Å². The van der Waals surface area contributed by atoms with Crippen LogP contribution < -0.4 is 10.3 Å². The molecule has 5 rings (SSSR count). The summed E-state index contributed by atoms with van der Waals surface area (Å²) in [6, 6.07) is 12.2. The van der Waals surface area contributed by atoms with Crippen LogP contribution in [-0.4, -0.2) is 18.1 Å². The third kappa shape index (κ3) is 2.23. The number of hydrogen-bond donors (Lipinski definition) is 0. The molecule has 124 valence electrons. The monoisotopic (exact) mass is 350 g/mol. The Bertz CT molecular complexity index is 1200. The van der Waals surface area contributed by atoms with Gasteiger partial charge in [0.2, 0.25) is 0 Å². The lowest BCUT2D eigenvalue weighted by Gasteiger charge is -2.19. The van der Waals surface area contributed by atoms with E-state index in [-0.39, 0.29) is 11.2 Å².